The van der Waals surface area contributed by atoms with Gasteiger partial charge in [-0.05, 0) is 24.6 Å². The fourth-order valence-corrected chi connectivity index (χ4v) is 5.29. The molecule has 1 N–H and O–H groups in total. The first-order valence-electron chi connectivity index (χ1n) is 8.61. The van der Waals surface area contributed by atoms with Crippen molar-refractivity contribution >= 4 is 67.1 Å². The number of nitrogens with zero attached hydrogens (tertiary/aromatic N) is 3. The van der Waals surface area contributed by atoms with Crippen LogP contribution in [-0.2, 0) is 25.3 Å². The number of fused-ring (bicyclic) bond motifs is 1. The van der Waals surface area contributed by atoms with Gasteiger partial charge in [-0.1, -0.05) is 29.3 Å². The number of nitrogens with one attached hydrogen (secondary N) is 1. The predicted molar refractivity (Wildman–Crippen MR) is 121 cm³/mol. The standard InChI is InChI=1S/C19H16Cl2N4O2S2/c1-9-11(16-17(27)24(2)25(3)18(16)29-9)7-15(26)23-19-22-14(8-28-19)10-4-5-12(20)13(21)6-10/h4-6,8H,7H2,1-3H3,(H,22,23,26). The number of benzene rings is 1. The average molecular weight is 467 g/mol. The van der Waals surface area contributed by atoms with Crippen LogP contribution in [-0.4, -0.2) is 20.3 Å². The number of hydrogen-bond donors (Lipinski definition) is 1. The van der Waals surface area contributed by atoms with E-state index in [0.29, 0.717) is 26.3 Å². The maximum Gasteiger partial charge on any atom is 0.275 e. The van der Waals surface area contributed by atoms with E-state index in [1.54, 1.807) is 28.5 Å². The van der Waals surface area contributed by atoms with E-state index in [4.69, 9.17) is 23.2 Å². The molecule has 4 rings (SSSR count). The Morgan fingerprint density at radius 2 is 1.97 bits per heavy atom. The Hall–Kier alpha value is -2.13. The summed E-state index contributed by atoms with van der Waals surface area (Å²) in [5.74, 6) is -0.214. The third-order valence-corrected chi connectivity index (χ3v) is 7.46. The largest absolute Gasteiger partial charge is 0.302 e. The Kier molecular flexibility index (Phi) is 5.29. The fourth-order valence-electron chi connectivity index (χ4n) is 3.10. The van der Waals surface area contributed by atoms with Gasteiger partial charge in [-0.3, -0.25) is 19.0 Å². The van der Waals surface area contributed by atoms with Crippen molar-refractivity contribution in [2.45, 2.75) is 13.3 Å². The Morgan fingerprint density at radius 3 is 2.69 bits per heavy atom. The molecule has 6 nitrogen and oxygen atoms in total. The monoisotopic (exact) mass is 466 g/mol. The van der Waals surface area contributed by atoms with Crippen LogP contribution in [0, 0.1) is 6.92 Å². The molecular formula is C19H16Cl2N4O2S2. The number of aromatic nitrogens is 3. The van der Waals surface area contributed by atoms with Crippen molar-refractivity contribution in [3.63, 3.8) is 0 Å². The van der Waals surface area contributed by atoms with E-state index in [0.717, 1.165) is 20.8 Å². The minimum absolute atomic E-state index is 0.0919. The lowest BCUT2D eigenvalue weighted by atomic mass is 10.1. The van der Waals surface area contributed by atoms with Gasteiger partial charge in [0.25, 0.3) is 5.56 Å². The molecule has 0 saturated carbocycles. The van der Waals surface area contributed by atoms with Crippen LogP contribution in [0.5, 0.6) is 0 Å². The second-order valence-corrected chi connectivity index (χ2v) is 9.44. The average Bonchev–Trinajstić information content (AvgIpc) is 3.32. The number of thiazole rings is 1. The zero-order valence-corrected chi connectivity index (χ0v) is 18.9. The molecule has 0 spiro atoms. The molecule has 29 heavy (non-hydrogen) atoms. The second-order valence-electron chi connectivity index (χ2n) is 6.56. The Bertz CT molecular complexity index is 1320. The number of aryl methyl sites for hydroxylation is 2. The number of rotatable bonds is 4. The summed E-state index contributed by atoms with van der Waals surface area (Å²) in [5, 5.41) is 6.70. The van der Waals surface area contributed by atoms with Crippen LogP contribution < -0.4 is 10.9 Å². The molecule has 0 aliphatic carbocycles. The Balaban J connectivity index is 1.55. The first-order chi connectivity index (χ1) is 13.8. The molecule has 0 saturated heterocycles. The minimum atomic E-state index is -0.214. The zero-order valence-electron chi connectivity index (χ0n) is 15.7. The SMILES string of the molecule is Cc1sc2c(c1CC(=O)Nc1nc(-c3ccc(Cl)c(Cl)c3)cs1)c(=O)n(C)n2C. The first kappa shape index (κ1) is 20.2. The van der Waals surface area contributed by atoms with Crippen LogP contribution in [0.25, 0.3) is 21.5 Å². The molecule has 3 aromatic heterocycles. The molecular weight excluding hydrogens is 451 g/mol. The highest BCUT2D eigenvalue weighted by atomic mass is 35.5. The highest BCUT2D eigenvalue weighted by Gasteiger charge is 2.20. The van der Waals surface area contributed by atoms with Crippen molar-refractivity contribution in [2.75, 3.05) is 5.32 Å². The van der Waals surface area contributed by atoms with Crippen LogP contribution in [0.2, 0.25) is 10.0 Å². The zero-order chi connectivity index (χ0) is 20.9. The van der Waals surface area contributed by atoms with Gasteiger partial charge in [-0.15, -0.1) is 22.7 Å². The molecule has 0 aliphatic rings. The predicted octanol–water partition coefficient (Wildman–Crippen LogP) is 4.86. The lowest BCUT2D eigenvalue weighted by molar-refractivity contribution is -0.115. The summed E-state index contributed by atoms with van der Waals surface area (Å²) < 4.78 is 3.35. The van der Waals surface area contributed by atoms with E-state index >= 15 is 0 Å². The Morgan fingerprint density at radius 1 is 1.21 bits per heavy atom. The molecule has 0 radical (unpaired) electrons. The van der Waals surface area contributed by atoms with Gasteiger partial charge < -0.3 is 5.32 Å². The molecule has 0 aliphatic heterocycles. The van der Waals surface area contributed by atoms with Crippen LogP contribution in [0.15, 0.2) is 28.4 Å². The summed E-state index contributed by atoms with van der Waals surface area (Å²) in [6.45, 7) is 1.93. The summed E-state index contributed by atoms with van der Waals surface area (Å²) in [6.07, 6.45) is 0.118. The summed E-state index contributed by atoms with van der Waals surface area (Å²) in [5.41, 5.74) is 2.20. The smallest absolute Gasteiger partial charge is 0.275 e. The quantitative estimate of drug-likeness (QED) is 0.466. The molecule has 1 aromatic carbocycles. The number of thiophene rings is 1. The van der Waals surface area contributed by atoms with Crippen molar-refractivity contribution in [3.8, 4) is 11.3 Å². The number of hydrogen-bond acceptors (Lipinski definition) is 5. The fraction of sp³-hybridized carbons (Fsp3) is 0.211. The van der Waals surface area contributed by atoms with Crippen LogP contribution in [0.1, 0.15) is 10.4 Å². The maximum atomic E-state index is 12.6. The molecule has 150 valence electrons. The lowest BCUT2D eigenvalue weighted by Gasteiger charge is -2.02. The summed E-state index contributed by atoms with van der Waals surface area (Å²) in [6, 6.07) is 5.27. The van der Waals surface area contributed by atoms with Gasteiger partial charge in [0.2, 0.25) is 5.91 Å². The number of carbonyl (C=O) groups excluding carboxylic acids is 1. The van der Waals surface area contributed by atoms with Gasteiger partial charge in [0.05, 0.1) is 27.5 Å². The number of amides is 1. The number of halogens is 2. The molecule has 0 atom stereocenters. The van der Waals surface area contributed by atoms with E-state index in [-0.39, 0.29) is 17.9 Å². The van der Waals surface area contributed by atoms with Gasteiger partial charge in [-0.25, -0.2) is 4.98 Å². The van der Waals surface area contributed by atoms with Gasteiger partial charge >= 0.3 is 0 Å². The van der Waals surface area contributed by atoms with E-state index < -0.39 is 0 Å². The summed E-state index contributed by atoms with van der Waals surface area (Å²) >= 11 is 14.9. The number of carbonyl (C=O) groups is 1. The van der Waals surface area contributed by atoms with Gasteiger partial charge in [-0.2, -0.15) is 0 Å². The highest BCUT2D eigenvalue weighted by Crippen LogP contribution is 2.31. The van der Waals surface area contributed by atoms with Gasteiger partial charge in [0.15, 0.2) is 5.13 Å². The first-order valence-corrected chi connectivity index (χ1v) is 11.1. The van der Waals surface area contributed by atoms with Crippen molar-refractivity contribution in [3.05, 3.63) is 54.4 Å². The molecule has 0 unspecified atom stereocenters. The van der Waals surface area contributed by atoms with Crippen molar-refractivity contribution in [1.82, 2.24) is 14.3 Å². The van der Waals surface area contributed by atoms with E-state index in [2.05, 4.69) is 10.3 Å². The molecule has 3 heterocycles. The van der Waals surface area contributed by atoms with Crippen molar-refractivity contribution < 1.29 is 4.79 Å². The maximum absolute atomic E-state index is 12.6. The minimum Gasteiger partial charge on any atom is -0.302 e. The molecule has 1 amide bonds. The van der Waals surface area contributed by atoms with Crippen molar-refractivity contribution in [2.24, 2.45) is 14.1 Å². The summed E-state index contributed by atoms with van der Waals surface area (Å²) in [7, 11) is 3.55. The van der Waals surface area contributed by atoms with Gasteiger partial charge in [0, 0.05) is 29.9 Å². The lowest BCUT2D eigenvalue weighted by Crippen LogP contribution is -2.19. The van der Waals surface area contributed by atoms with E-state index in [9.17, 15) is 9.59 Å². The number of anilines is 1. The molecule has 0 bridgehead atoms. The van der Waals surface area contributed by atoms with Crippen LogP contribution in [0.4, 0.5) is 5.13 Å². The summed E-state index contributed by atoms with van der Waals surface area (Å²) in [4.78, 5) is 31.4. The van der Waals surface area contributed by atoms with Crippen molar-refractivity contribution in [1.29, 1.82) is 0 Å². The molecule has 4 aromatic rings. The third kappa shape index (κ3) is 3.61. The second kappa shape index (κ2) is 7.60. The van der Waals surface area contributed by atoms with Gasteiger partial charge in [0.1, 0.15) is 4.83 Å². The van der Waals surface area contributed by atoms with E-state index in [1.165, 1.54) is 22.7 Å². The molecule has 0 fully saturated rings. The van der Waals surface area contributed by atoms with E-state index in [1.807, 2.05) is 25.4 Å². The topological polar surface area (TPSA) is 68.9 Å². The van der Waals surface area contributed by atoms with Crippen LogP contribution >= 0.6 is 45.9 Å². The highest BCUT2D eigenvalue weighted by molar-refractivity contribution is 7.18. The Labute approximate surface area is 184 Å². The third-order valence-electron chi connectivity index (χ3n) is 4.75. The molecule has 10 heteroatoms. The van der Waals surface area contributed by atoms with Crippen LogP contribution in [0.3, 0.4) is 0 Å². The normalized spacial score (nSPS) is 11.3.